The molecular formula is C12H11NO5. The first-order valence-electron chi connectivity index (χ1n) is 5.39. The Morgan fingerprint density at radius 3 is 2.89 bits per heavy atom. The van der Waals surface area contributed by atoms with Crippen molar-refractivity contribution in [2.24, 2.45) is 11.1 Å². The molecule has 1 aliphatic rings. The lowest BCUT2D eigenvalue weighted by Gasteiger charge is -2.08. The van der Waals surface area contributed by atoms with Crippen molar-refractivity contribution in [1.29, 1.82) is 0 Å². The summed E-state index contributed by atoms with van der Waals surface area (Å²) in [5, 5.41) is 2.37. The molecule has 0 saturated carbocycles. The first-order valence-corrected chi connectivity index (χ1v) is 5.39. The largest absolute Gasteiger partial charge is 0.497 e. The monoisotopic (exact) mass is 249 g/mol. The first kappa shape index (κ1) is 12.2. The summed E-state index contributed by atoms with van der Waals surface area (Å²) in [5.74, 6) is -1.20. The van der Waals surface area contributed by atoms with Gasteiger partial charge in [0, 0.05) is 11.2 Å². The molecule has 0 spiro atoms. The molecule has 0 bridgehead atoms. The van der Waals surface area contributed by atoms with Crippen LogP contribution in [-0.2, 0) is 16.0 Å². The van der Waals surface area contributed by atoms with Crippen molar-refractivity contribution in [3.63, 3.8) is 0 Å². The predicted octanol–water partition coefficient (Wildman–Crippen LogP) is 1.46. The molecule has 1 heterocycles. The molecule has 1 aliphatic heterocycles. The highest BCUT2D eigenvalue weighted by Gasteiger charge is 2.29. The number of carbonyl (C=O) groups excluding carboxylic acids is 2. The molecule has 1 aromatic carbocycles. The second kappa shape index (κ2) is 4.95. The molecule has 1 unspecified atom stereocenters. The lowest BCUT2D eigenvalue weighted by Crippen LogP contribution is -2.18. The van der Waals surface area contributed by atoms with Gasteiger partial charge in [-0.15, -0.1) is 4.91 Å². The number of fused-ring (bicyclic) bond motifs is 1. The van der Waals surface area contributed by atoms with Crippen molar-refractivity contribution >= 4 is 11.9 Å². The van der Waals surface area contributed by atoms with Gasteiger partial charge in [-0.25, -0.2) is 0 Å². The Labute approximate surface area is 103 Å². The zero-order valence-corrected chi connectivity index (χ0v) is 9.71. The van der Waals surface area contributed by atoms with Crippen molar-refractivity contribution in [3.05, 3.63) is 28.7 Å². The Hall–Kier alpha value is -2.24. The summed E-state index contributed by atoms with van der Waals surface area (Å²) < 4.78 is 10.1. The van der Waals surface area contributed by atoms with Crippen LogP contribution in [0.3, 0.4) is 0 Å². The molecule has 1 amide bonds. The summed E-state index contributed by atoms with van der Waals surface area (Å²) >= 11 is 0. The maximum absolute atomic E-state index is 11.5. The van der Waals surface area contributed by atoms with E-state index in [1.807, 2.05) is 0 Å². The number of nitrogens with zero attached hydrogens (tertiary/aromatic N) is 1. The van der Waals surface area contributed by atoms with Gasteiger partial charge in [-0.05, 0) is 18.1 Å². The normalized spacial score (nSPS) is 18.3. The Morgan fingerprint density at radius 1 is 1.44 bits per heavy atom. The average molecular weight is 249 g/mol. The van der Waals surface area contributed by atoms with E-state index in [0.29, 0.717) is 17.1 Å². The highest BCUT2D eigenvalue weighted by molar-refractivity contribution is 5.86. The molecule has 94 valence electrons. The fraction of sp³-hybridized carbons (Fsp3) is 0.333. The highest BCUT2D eigenvalue weighted by atomic mass is 16.5. The van der Waals surface area contributed by atoms with Crippen LogP contribution in [0, 0.1) is 10.8 Å². The third kappa shape index (κ3) is 2.37. The molecule has 0 fully saturated rings. The standard InChI is InChI=1S/C12H11NO5/c1-17-9-3-2-7-4-8(12(15)13-16)5-11(14)18-10(7)6-9/h2-3,6,8H,4-5H2,1H3. The molecule has 0 radical (unpaired) electrons. The maximum Gasteiger partial charge on any atom is 0.312 e. The molecule has 1 aromatic rings. The predicted molar refractivity (Wildman–Crippen MR) is 61.2 cm³/mol. The smallest absolute Gasteiger partial charge is 0.312 e. The van der Waals surface area contributed by atoms with Gasteiger partial charge >= 0.3 is 5.97 Å². The molecule has 6 heteroatoms. The number of carbonyl (C=O) groups is 2. The van der Waals surface area contributed by atoms with Crippen LogP contribution in [0.5, 0.6) is 11.5 Å². The van der Waals surface area contributed by atoms with E-state index in [9.17, 15) is 14.5 Å². The van der Waals surface area contributed by atoms with Crippen molar-refractivity contribution in [2.75, 3.05) is 7.11 Å². The molecule has 1 atom stereocenters. The highest BCUT2D eigenvalue weighted by Crippen LogP contribution is 2.31. The van der Waals surface area contributed by atoms with Crippen LogP contribution in [0.15, 0.2) is 23.4 Å². The number of esters is 1. The lowest BCUT2D eigenvalue weighted by molar-refractivity contribution is -0.137. The maximum atomic E-state index is 11.5. The van der Waals surface area contributed by atoms with Crippen LogP contribution < -0.4 is 9.47 Å². The third-order valence-electron chi connectivity index (χ3n) is 2.82. The second-order valence-corrected chi connectivity index (χ2v) is 3.98. The molecule has 0 N–H and O–H groups in total. The van der Waals surface area contributed by atoms with E-state index in [0.717, 1.165) is 0 Å². The average Bonchev–Trinajstić information content (AvgIpc) is 2.54. The van der Waals surface area contributed by atoms with E-state index in [2.05, 4.69) is 5.18 Å². The molecular weight excluding hydrogens is 238 g/mol. The number of benzene rings is 1. The Morgan fingerprint density at radius 2 is 2.22 bits per heavy atom. The number of nitroso groups, excluding NO2 is 1. The van der Waals surface area contributed by atoms with Crippen LogP contribution in [0.2, 0.25) is 0 Å². The quantitative estimate of drug-likeness (QED) is 0.450. The van der Waals surface area contributed by atoms with Crippen LogP contribution in [0.25, 0.3) is 0 Å². The van der Waals surface area contributed by atoms with E-state index in [1.54, 1.807) is 18.2 Å². The number of hydrogen-bond donors (Lipinski definition) is 0. The van der Waals surface area contributed by atoms with Crippen molar-refractivity contribution < 1.29 is 19.1 Å². The minimum absolute atomic E-state index is 0.137. The van der Waals surface area contributed by atoms with Gasteiger partial charge in [0.2, 0.25) is 0 Å². The molecule has 0 aromatic heterocycles. The number of amides is 1. The van der Waals surface area contributed by atoms with Crippen molar-refractivity contribution in [2.45, 2.75) is 12.8 Å². The van der Waals surface area contributed by atoms with Crippen LogP contribution in [0.4, 0.5) is 0 Å². The zero-order valence-electron chi connectivity index (χ0n) is 9.71. The number of ether oxygens (including phenoxy) is 2. The van der Waals surface area contributed by atoms with Gasteiger partial charge in [-0.3, -0.25) is 9.59 Å². The lowest BCUT2D eigenvalue weighted by atomic mass is 9.96. The number of rotatable bonds is 2. The summed E-state index contributed by atoms with van der Waals surface area (Å²) in [6.45, 7) is 0. The fourth-order valence-corrected chi connectivity index (χ4v) is 1.88. The Bertz CT molecular complexity index is 511. The summed E-state index contributed by atoms with van der Waals surface area (Å²) in [7, 11) is 1.50. The van der Waals surface area contributed by atoms with Crippen molar-refractivity contribution in [3.8, 4) is 11.5 Å². The van der Waals surface area contributed by atoms with Gasteiger partial charge in [0.15, 0.2) is 0 Å². The van der Waals surface area contributed by atoms with E-state index in [-0.39, 0.29) is 12.8 Å². The molecule has 18 heavy (non-hydrogen) atoms. The number of hydrogen-bond acceptors (Lipinski definition) is 5. The topological polar surface area (TPSA) is 82.0 Å². The van der Waals surface area contributed by atoms with Gasteiger partial charge in [0.25, 0.3) is 5.91 Å². The van der Waals surface area contributed by atoms with Gasteiger partial charge in [-0.1, -0.05) is 6.07 Å². The summed E-state index contributed by atoms with van der Waals surface area (Å²) in [6.07, 6.45) is 0.122. The summed E-state index contributed by atoms with van der Waals surface area (Å²) in [4.78, 5) is 33.1. The molecule has 0 saturated heterocycles. The van der Waals surface area contributed by atoms with Gasteiger partial charge in [0.05, 0.1) is 19.4 Å². The van der Waals surface area contributed by atoms with E-state index < -0.39 is 17.8 Å². The molecule has 6 nitrogen and oxygen atoms in total. The van der Waals surface area contributed by atoms with Gasteiger partial charge in [0.1, 0.15) is 11.5 Å². The summed E-state index contributed by atoms with van der Waals surface area (Å²) in [5.41, 5.74) is 0.684. The van der Waals surface area contributed by atoms with Gasteiger partial charge in [-0.2, -0.15) is 0 Å². The Balaban J connectivity index is 2.35. The van der Waals surface area contributed by atoms with Crippen LogP contribution in [-0.4, -0.2) is 19.0 Å². The van der Waals surface area contributed by atoms with Crippen LogP contribution in [0.1, 0.15) is 12.0 Å². The first-order chi connectivity index (χ1) is 8.63. The van der Waals surface area contributed by atoms with Crippen molar-refractivity contribution in [1.82, 2.24) is 0 Å². The second-order valence-electron chi connectivity index (χ2n) is 3.98. The van der Waals surface area contributed by atoms with E-state index in [1.165, 1.54) is 7.11 Å². The minimum Gasteiger partial charge on any atom is -0.497 e. The zero-order chi connectivity index (χ0) is 13.1. The minimum atomic E-state index is -0.824. The fourth-order valence-electron chi connectivity index (χ4n) is 1.88. The van der Waals surface area contributed by atoms with Crippen LogP contribution >= 0.6 is 0 Å². The third-order valence-corrected chi connectivity index (χ3v) is 2.82. The van der Waals surface area contributed by atoms with E-state index >= 15 is 0 Å². The molecule has 0 aliphatic carbocycles. The van der Waals surface area contributed by atoms with E-state index in [4.69, 9.17) is 9.47 Å². The molecule has 2 rings (SSSR count). The van der Waals surface area contributed by atoms with Gasteiger partial charge < -0.3 is 9.47 Å². The number of methoxy groups -OCH3 is 1. The summed E-state index contributed by atoms with van der Waals surface area (Å²) in [6, 6.07) is 4.99. The Kier molecular flexibility index (Phi) is 3.36. The SMILES string of the molecule is COc1ccc2c(c1)OC(=O)CC(C(=O)N=O)C2.